The van der Waals surface area contributed by atoms with Gasteiger partial charge in [0.2, 0.25) is 0 Å². The number of hydrogen-bond acceptors (Lipinski definition) is 3. The van der Waals surface area contributed by atoms with Crippen molar-refractivity contribution in [3.05, 3.63) is 15.0 Å². The molecule has 4 heteroatoms. The fraction of sp³-hybridized carbons (Fsp3) is 0.667. The number of halogens is 1. The molecule has 1 heterocycles. The van der Waals surface area contributed by atoms with Gasteiger partial charge in [0.15, 0.2) is 0 Å². The Bertz CT molecular complexity index is 250. The van der Waals surface area contributed by atoms with Crippen LogP contribution in [0.25, 0.3) is 0 Å². The molecule has 0 aliphatic rings. The molecule has 0 saturated carbocycles. The number of rotatable bonds is 5. The molecule has 0 saturated heterocycles. The molecule has 1 aromatic heterocycles. The van der Waals surface area contributed by atoms with E-state index >= 15 is 0 Å². The SMILES string of the molecule is CCCCNC(C)c1ncc(Br)s1. The summed E-state index contributed by atoms with van der Waals surface area (Å²) >= 11 is 5.11. The largest absolute Gasteiger partial charge is 0.308 e. The van der Waals surface area contributed by atoms with Crippen LogP contribution in [-0.4, -0.2) is 11.5 Å². The van der Waals surface area contributed by atoms with E-state index in [9.17, 15) is 0 Å². The third kappa shape index (κ3) is 3.75. The highest BCUT2D eigenvalue weighted by Gasteiger charge is 2.07. The normalized spacial score (nSPS) is 13.2. The molecule has 0 spiro atoms. The van der Waals surface area contributed by atoms with Crippen molar-refractivity contribution in [1.82, 2.24) is 10.3 Å². The fourth-order valence-electron chi connectivity index (χ4n) is 1.05. The quantitative estimate of drug-likeness (QED) is 0.824. The number of thiazole rings is 1. The Morgan fingerprint density at radius 2 is 2.46 bits per heavy atom. The van der Waals surface area contributed by atoms with Gasteiger partial charge in [-0.1, -0.05) is 13.3 Å². The van der Waals surface area contributed by atoms with Gasteiger partial charge < -0.3 is 5.32 Å². The molecular weight excluding hydrogens is 248 g/mol. The molecule has 0 aromatic carbocycles. The van der Waals surface area contributed by atoms with Gasteiger partial charge in [-0.3, -0.25) is 0 Å². The van der Waals surface area contributed by atoms with E-state index in [-0.39, 0.29) is 0 Å². The molecular formula is C9H15BrN2S. The van der Waals surface area contributed by atoms with Crippen molar-refractivity contribution in [1.29, 1.82) is 0 Å². The molecule has 0 fully saturated rings. The Labute approximate surface area is 91.9 Å². The molecule has 0 bridgehead atoms. The highest BCUT2D eigenvalue weighted by molar-refractivity contribution is 9.11. The van der Waals surface area contributed by atoms with Gasteiger partial charge in [0.25, 0.3) is 0 Å². The Hall–Kier alpha value is 0.0700. The van der Waals surface area contributed by atoms with Crippen LogP contribution < -0.4 is 5.32 Å². The fourth-order valence-corrected chi connectivity index (χ4v) is 2.32. The van der Waals surface area contributed by atoms with Crippen LogP contribution in [0.15, 0.2) is 9.98 Å². The molecule has 74 valence electrons. The summed E-state index contributed by atoms with van der Waals surface area (Å²) in [6.45, 7) is 5.43. The first-order valence-corrected chi connectivity index (χ1v) is 6.19. The molecule has 1 atom stereocenters. The molecule has 1 unspecified atom stereocenters. The molecule has 13 heavy (non-hydrogen) atoms. The molecule has 1 N–H and O–H groups in total. The first-order chi connectivity index (χ1) is 6.24. The van der Waals surface area contributed by atoms with E-state index in [2.05, 4.69) is 40.1 Å². The Morgan fingerprint density at radius 1 is 1.69 bits per heavy atom. The van der Waals surface area contributed by atoms with Crippen LogP contribution in [0.1, 0.15) is 37.7 Å². The van der Waals surface area contributed by atoms with Crippen molar-refractivity contribution in [2.75, 3.05) is 6.54 Å². The molecule has 1 aromatic rings. The third-order valence-electron chi connectivity index (χ3n) is 1.85. The lowest BCUT2D eigenvalue weighted by Gasteiger charge is -2.09. The van der Waals surface area contributed by atoms with E-state index in [1.807, 2.05) is 6.20 Å². The second-order valence-corrected chi connectivity index (χ2v) is 5.47. The lowest BCUT2D eigenvalue weighted by Crippen LogP contribution is -2.19. The zero-order valence-corrected chi connectivity index (χ0v) is 10.4. The summed E-state index contributed by atoms with van der Waals surface area (Å²) in [5.41, 5.74) is 0. The van der Waals surface area contributed by atoms with Gasteiger partial charge in [-0.05, 0) is 35.8 Å². The standard InChI is InChI=1S/C9H15BrN2S/c1-3-4-5-11-7(2)9-12-6-8(10)13-9/h6-7,11H,3-5H2,1-2H3. The lowest BCUT2D eigenvalue weighted by molar-refractivity contribution is 0.552. The van der Waals surface area contributed by atoms with Crippen LogP contribution in [0.3, 0.4) is 0 Å². The predicted molar refractivity (Wildman–Crippen MR) is 61.1 cm³/mol. The van der Waals surface area contributed by atoms with Crippen molar-refractivity contribution >= 4 is 27.3 Å². The average Bonchev–Trinajstić information content (AvgIpc) is 2.52. The minimum absolute atomic E-state index is 0.378. The first kappa shape index (κ1) is 11.1. The van der Waals surface area contributed by atoms with E-state index in [1.54, 1.807) is 11.3 Å². The summed E-state index contributed by atoms with van der Waals surface area (Å²) in [5, 5.41) is 4.60. The minimum Gasteiger partial charge on any atom is -0.308 e. The van der Waals surface area contributed by atoms with Gasteiger partial charge in [-0.2, -0.15) is 0 Å². The predicted octanol–water partition coefficient (Wildman–Crippen LogP) is 3.36. The highest BCUT2D eigenvalue weighted by atomic mass is 79.9. The minimum atomic E-state index is 0.378. The maximum atomic E-state index is 4.30. The zero-order valence-electron chi connectivity index (χ0n) is 8.01. The van der Waals surface area contributed by atoms with Crippen LogP contribution in [0.5, 0.6) is 0 Å². The van der Waals surface area contributed by atoms with Gasteiger partial charge in [-0.15, -0.1) is 11.3 Å². The van der Waals surface area contributed by atoms with Crippen molar-refractivity contribution in [3.63, 3.8) is 0 Å². The Kier molecular flexibility index (Phi) is 4.91. The van der Waals surface area contributed by atoms with Gasteiger partial charge in [0.1, 0.15) is 5.01 Å². The summed E-state index contributed by atoms with van der Waals surface area (Å²) in [6, 6.07) is 0.378. The van der Waals surface area contributed by atoms with Crippen molar-refractivity contribution in [2.45, 2.75) is 32.7 Å². The Balaban J connectivity index is 2.35. The van der Waals surface area contributed by atoms with Gasteiger partial charge in [0, 0.05) is 0 Å². The smallest absolute Gasteiger partial charge is 0.110 e. The second-order valence-electron chi connectivity index (χ2n) is 3.03. The van der Waals surface area contributed by atoms with Crippen molar-refractivity contribution in [2.24, 2.45) is 0 Å². The zero-order chi connectivity index (χ0) is 9.68. The van der Waals surface area contributed by atoms with E-state index in [0.29, 0.717) is 6.04 Å². The number of hydrogen-bond donors (Lipinski definition) is 1. The number of nitrogens with one attached hydrogen (secondary N) is 1. The monoisotopic (exact) mass is 262 g/mol. The van der Waals surface area contributed by atoms with Crippen LogP contribution >= 0.6 is 27.3 Å². The maximum absolute atomic E-state index is 4.30. The Morgan fingerprint density at radius 3 is 3.00 bits per heavy atom. The first-order valence-electron chi connectivity index (χ1n) is 4.58. The van der Waals surface area contributed by atoms with Crippen LogP contribution in [0.4, 0.5) is 0 Å². The molecule has 0 amide bonds. The number of unbranched alkanes of at least 4 members (excludes halogenated alkanes) is 1. The molecule has 0 radical (unpaired) electrons. The molecule has 0 aliphatic carbocycles. The highest BCUT2D eigenvalue weighted by Crippen LogP contribution is 2.23. The van der Waals surface area contributed by atoms with Gasteiger partial charge in [0.05, 0.1) is 16.0 Å². The molecule has 2 nitrogen and oxygen atoms in total. The summed E-state index contributed by atoms with van der Waals surface area (Å²) in [4.78, 5) is 4.30. The third-order valence-corrected chi connectivity index (χ3v) is 3.51. The molecule has 1 rings (SSSR count). The summed E-state index contributed by atoms with van der Waals surface area (Å²) in [7, 11) is 0. The summed E-state index contributed by atoms with van der Waals surface area (Å²) in [5.74, 6) is 0. The number of nitrogens with zero attached hydrogens (tertiary/aromatic N) is 1. The van der Waals surface area contributed by atoms with E-state index in [1.165, 1.54) is 12.8 Å². The van der Waals surface area contributed by atoms with E-state index < -0.39 is 0 Å². The maximum Gasteiger partial charge on any atom is 0.110 e. The topological polar surface area (TPSA) is 24.9 Å². The van der Waals surface area contributed by atoms with Gasteiger partial charge in [-0.25, -0.2) is 4.98 Å². The van der Waals surface area contributed by atoms with Crippen molar-refractivity contribution < 1.29 is 0 Å². The van der Waals surface area contributed by atoms with Crippen LogP contribution in [0, 0.1) is 0 Å². The van der Waals surface area contributed by atoms with Gasteiger partial charge >= 0.3 is 0 Å². The summed E-state index contributed by atoms with van der Waals surface area (Å²) < 4.78 is 1.10. The van der Waals surface area contributed by atoms with E-state index in [0.717, 1.165) is 15.3 Å². The van der Waals surface area contributed by atoms with Crippen molar-refractivity contribution in [3.8, 4) is 0 Å². The van der Waals surface area contributed by atoms with E-state index in [4.69, 9.17) is 0 Å². The lowest BCUT2D eigenvalue weighted by atomic mass is 10.3. The van der Waals surface area contributed by atoms with Crippen LogP contribution in [-0.2, 0) is 0 Å². The number of aromatic nitrogens is 1. The summed E-state index contributed by atoms with van der Waals surface area (Å²) in [6.07, 6.45) is 4.33. The molecule has 0 aliphatic heterocycles. The second kappa shape index (κ2) is 5.73. The van der Waals surface area contributed by atoms with Crippen LogP contribution in [0.2, 0.25) is 0 Å². The average molecular weight is 263 g/mol.